The van der Waals surface area contributed by atoms with Crippen LogP contribution in [0.1, 0.15) is 28.5 Å². The highest BCUT2D eigenvalue weighted by Gasteiger charge is 2.18. The van der Waals surface area contributed by atoms with Crippen molar-refractivity contribution in [3.63, 3.8) is 0 Å². The molecule has 0 saturated heterocycles. The van der Waals surface area contributed by atoms with E-state index in [9.17, 15) is 9.59 Å². The van der Waals surface area contributed by atoms with Crippen LogP contribution in [0.25, 0.3) is 21.6 Å². The maximum atomic E-state index is 12.5. The Morgan fingerprint density at radius 1 is 1.29 bits per heavy atom. The number of ether oxygens (including phenoxy) is 1. The van der Waals surface area contributed by atoms with Gasteiger partial charge >= 0.3 is 5.97 Å². The molecular weight excluding hydrogens is 380 g/mol. The highest BCUT2D eigenvalue weighted by Crippen LogP contribution is 2.22. The van der Waals surface area contributed by atoms with Crippen molar-refractivity contribution < 1.29 is 14.1 Å². The quantitative estimate of drug-likeness (QED) is 0.491. The molecule has 0 N–H and O–H groups in total. The zero-order valence-corrected chi connectivity index (χ0v) is 15.4. The Kier molecular flexibility index (Phi) is 4.01. The van der Waals surface area contributed by atoms with Crippen LogP contribution in [-0.2, 0) is 24.3 Å². The predicted octanol–water partition coefficient (Wildman–Crippen LogP) is 2.81. The number of fused-ring (bicyclic) bond motifs is 2. The Morgan fingerprint density at radius 3 is 3.07 bits per heavy atom. The summed E-state index contributed by atoms with van der Waals surface area (Å²) < 4.78 is 12.1. The van der Waals surface area contributed by atoms with Crippen LogP contribution >= 0.6 is 11.3 Å². The summed E-state index contributed by atoms with van der Waals surface area (Å²) >= 11 is 1.49. The zero-order valence-electron chi connectivity index (χ0n) is 14.6. The highest BCUT2D eigenvalue weighted by atomic mass is 32.1. The molecular formula is C19H14N4O4S. The van der Waals surface area contributed by atoms with Crippen LogP contribution < -0.4 is 5.56 Å². The van der Waals surface area contributed by atoms with Gasteiger partial charge in [0, 0.05) is 13.0 Å². The molecule has 3 aromatic heterocycles. The number of aryl methyl sites for hydroxylation is 1. The Hall–Kier alpha value is -3.33. The average molecular weight is 394 g/mol. The summed E-state index contributed by atoms with van der Waals surface area (Å²) in [4.78, 5) is 34.5. The van der Waals surface area contributed by atoms with Crippen molar-refractivity contribution in [2.24, 2.45) is 0 Å². The molecule has 0 amide bonds. The lowest BCUT2D eigenvalue weighted by atomic mass is 10.1. The van der Waals surface area contributed by atoms with Gasteiger partial charge < -0.3 is 9.26 Å². The number of thiophene rings is 1. The summed E-state index contributed by atoms with van der Waals surface area (Å²) in [5, 5.41) is 6.30. The molecule has 0 fully saturated rings. The summed E-state index contributed by atoms with van der Waals surface area (Å²) in [7, 11) is 0. The Labute approximate surface area is 162 Å². The van der Waals surface area contributed by atoms with Crippen molar-refractivity contribution in [2.45, 2.75) is 26.0 Å². The Balaban J connectivity index is 1.35. The smallest absolute Gasteiger partial charge is 0.338 e. The minimum Gasteiger partial charge on any atom is -0.452 e. The first-order chi connectivity index (χ1) is 13.7. The van der Waals surface area contributed by atoms with Gasteiger partial charge in [-0.2, -0.15) is 4.98 Å². The minimum absolute atomic E-state index is 0.0654. The van der Waals surface area contributed by atoms with Crippen LogP contribution in [0, 0.1) is 0 Å². The second kappa shape index (κ2) is 6.68. The largest absolute Gasteiger partial charge is 0.452 e. The summed E-state index contributed by atoms with van der Waals surface area (Å²) in [5.41, 5.74) is 0.759. The average Bonchev–Trinajstić information content (AvgIpc) is 3.46. The van der Waals surface area contributed by atoms with E-state index in [0.29, 0.717) is 28.8 Å². The van der Waals surface area contributed by atoms with Gasteiger partial charge in [-0.1, -0.05) is 11.2 Å². The molecule has 140 valence electrons. The fourth-order valence-electron chi connectivity index (χ4n) is 3.24. The lowest BCUT2D eigenvalue weighted by Crippen LogP contribution is -2.21. The van der Waals surface area contributed by atoms with E-state index in [1.165, 1.54) is 11.3 Å². The summed E-state index contributed by atoms with van der Waals surface area (Å²) in [6, 6.07) is 8.55. The van der Waals surface area contributed by atoms with Gasteiger partial charge in [0.1, 0.15) is 5.82 Å². The van der Waals surface area contributed by atoms with Crippen LogP contribution in [0.3, 0.4) is 0 Å². The molecule has 0 bridgehead atoms. The highest BCUT2D eigenvalue weighted by molar-refractivity contribution is 7.13. The number of hydrogen-bond donors (Lipinski definition) is 0. The van der Waals surface area contributed by atoms with Crippen LogP contribution in [0.5, 0.6) is 0 Å². The first-order valence-corrected chi connectivity index (χ1v) is 9.64. The molecule has 0 spiro atoms. The van der Waals surface area contributed by atoms with E-state index in [2.05, 4.69) is 15.1 Å². The molecule has 4 heterocycles. The van der Waals surface area contributed by atoms with E-state index < -0.39 is 5.97 Å². The molecule has 4 aromatic rings. The third kappa shape index (κ3) is 2.89. The van der Waals surface area contributed by atoms with E-state index in [0.717, 1.165) is 23.5 Å². The summed E-state index contributed by atoms with van der Waals surface area (Å²) in [5.74, 6) is 0.896. The van der Waals surface area contributed by atoms with Gasteiger partial charge in [-0.15, -0.1) is 11.3 Å². The van der Waals surface area contributed by atoms with Crippen LogP contribution in [-0.4, -0.2) is 25.7 Å². The number of aromatic nitrogens is 4. The van der Waals surface area contributed by atoms with Crippen molar-refractivity contribution in [1.82, 2.24) is 19.7 Å². The van der Waals surface area contributed by atoms with E-state index in [4.69, 9.17) is 9.26 Å². The van der Waals surface area contributed by atoms with Gasteiger partial charge in [0.05, 0.1) is 21.3 Å². The molecule has 1 aliphatic heterocycles. The first-order valence-electron chi connectivity index (χ1n) is 8.76. The molecule has 1 aliphatic rings. The number of rotatable bonds is 4. The predicted molar refractivity (Wildman–Crippen MR) is 101 cm³/mol. The standard InChI is InChI=1S/C19H14N4O4S/c24-18-12-6-5-11(9-13(12)20-15-4-1-7-23(15)18)19(25)26-10-16-21-17(22-27-16)14-3-2-8-28-14/h2-3,5-6,8-9H,1,4,7,10H2. The molecule has 0 saturated carbocycles. The van der Waals surface area contributed by atoms with E-state index in [1.807, 2.05) is 17.5 Å². The van der Waals surface area contributed by atoms with Crippen molar-refractivity contribution in [3.8, 4) is 10.7 Å². The van der Waals surface area contributed by atoms with Crippen LogP contribution in [0.15, 0.2) is 45.0 Å². The van der Waals surface area contributed by atoms with Gasteiger partial charge in [0.25, 0.3) is 11.4 Å². The second-order valence-corrected chi connectivity index (χ2v) is 7.33. The lowest BCUT2D eigenvalue weighted by molar-refractivity contribution is 0.0430. The molecule has 5 rings (SSSR count). The van der Waals surface area contributed by atoms with Gasteiger partial charge in [0.2, 0.25) is 5.82 Å². The maximum Gasteiger partial charge on any atom is 0.338 e. The Bertz CT molecular complexity index is 1240. The zero-order chi connectivity index (χ0) is 19.1. The van der Waals surface area contributed by atoms with Crippen molar-refractivity contribution in [3.05, 3.63) is 63.3 Å². The molecule has 8 nitrogen and oxygen atoms in total. The molecule has 0 aliphatic carbocycles. The SMILES string of the molecule is O=C(OCc1nc(-c2cccs2)no1)c1ccc2c(=O)n3c(nc2c1)CCC3. The fourth-order valence-corrected chi connectivity index (χ4v) is 3.89. The van der Waals surface area contributed by atoms with Gasteiger partial charge in [-0.3, -0.25) is 9.36 Å². The second-order valence-electron chi connectivity index (χ2n) is 6.39. The van der Waals surface area contributed by atoms with Gasteiger partial charge in [-0.25, -0.2) is 9.78 Å². The molecule has 0 radical (unpaired) electrons. The molecule has 0 atom stereocenters. The van der Waals surface area contributed by atoms with Crippen molar-refractivity contribution in [1.29, 1.82) is 0 Å². The number of carbonyl (C=O) groups excluding carboxylic acids is 1. The number of hydrogen-bond acceptors (Lipinski definition) is 8. The number of esters is 1. The number of nitrogens with zero attached hydrogens (tertiary/aromatic N) is 4. The number of benzene rings is 1. The van der Waals surface area contributed by atoms with Crippen LogP contribution in [0.4, 0.5) is 0 Å². The third-order valence-electron chi connectivity index (χ3n) is 4.59. The molecule has 9 heteroatoms. The van der Waals surface area contributed by atoms with Crippen molar-refractivity contribution in [2.75, 3.05) is 0 Å². The summed E-state index contributed by atoms with van der Waals surface area (Å²) in [6.45, 7) is 0.564. The van der Waals surface area contributed by atoms with Gasteiger partial charge in [-0.05, 0) is 36.1 Å². The minimum atomic E-state index is -0.542. The monoisotopic (exact) mass is 394 g/mol. The number of carbonyl (C=O) groups is 1. The van der Waals surface area contributed by atoms with Gasteiger partial charge in [0.15, 0.2) is 6.61 Å². The summed E-state index contributed by atoms with van der Waals surface area (Å²) in [6.07, 6.45) is 1.68. The molecule has 1 aromatic carbocycles. The van der Waals surface area contributed by atoms with E-state index in [1.54, 1.807) is 22.8 Å². The van der Waals surface area contributed by atoms with E-state index >= 15 is 0 Å². The molecule has 0 unspecified atom stereocenters. The van der Waals surface area contributed by atoms with E-state index in [-0.39, 0.29) is 18.1 Å². The maximum absolute atomic E-state index is 12.5. The fraction of sp³-hybridized carbons (Fsp3) is 0.211. The third-order valence-corrected chi connectivity index (χ3v) is 5.45. The lowest BCUT2D eigenvalue weighted by Gasteiger charge is -2.06. The topological polar surface area (TPSA) is 100 Å². The Morgan fingerprint density at radius 2 is 2.21 bits per heavy atom. The first kappa shape index (κ1) is 16.8. The normalized spacial score (nSPS) is 13.0. The molecule has 28 heavy (non-hydrogen) atoms. The van der Waals surface area contributed by atoms with Crippen LogP contribution in [0.2, 0.25) is 0 Å². The van der Waals surface area contributed by atoms with Crippen molar-refractivity contribution >= 4 is 28.2 Å².